The molecule has 1 nitrogen and oxygen atoms in total. The zero-order valence-corrected chi connectivity index (χ0v) is 12.5. The zero-order valence-electron chi connectivity index (χ0n) is 12.5. The Morgan fingerprint density at radius 3 is 2.40 bits per heavy atom. The summed E-state index contributed by atoms with van der Waals surface area (Å²) in [6.45, 7) is 6.13. The number of aryl methyl sites for hydroxylation is 1. The van der Waals surface area contributed by atoms with Gasteiger partial charge in [0.1, 0.15) is 6.29 Å². The van der Waals surface area contributed by atoms with Gasteiger partial charge in [-0.25, -0.2) is 0 Å². The van der Waals surface area contributed by atoms with E-state index < -0.39 is 0 Å². The van der Waals surface area contributed by atoms with Crippen molar-refractivity contribution in [2.24, 2.45) is 0 Å². The number of rotatable bonds is 6. The first-order chi connectivity index (χ1) is 9.65. The van der Waals surface area contributed by atoms with Gasteiger partial charge >= 0.3 is 0 Å². The molecule has 0 fully saturated rings. The van der Waals surface area contributed by atoms with E-state index in [1.165, 1.54) is 16.7 Å². The molecule has 0 saturated heterocycles. The van der Waals surface area contributed by atoms with Gasteiger partial charge < -0.3 is 0 Å². The minimum Gasteiger partial charge on any atom is -0.299 e. The molecule has 1 aromatic rings. The van der Waals surface area contributed by atoms with Crippen LogP contribution in [0.1, 0.15) is 31.4 Å². The summed E-state index contributed by atoms with van der Waals surface area (Å²) in [5.41, 5.74) is 4.68. The highest BCUT2D eigenvalue weighted by molar-refractivity contribution is 5.67. The molecular weight excluding hydrogens is 244 g/mol. The van der Waals surface area contributed by atoms with Crippen LogP contribution in [0, 0.1) is 6.92 Å². The highest BCUT2D eigenvalue weighted by Crippen LogP contribution is 2.10. The van der Waals surface area contributed by atoms with Crippen molar-refractivity contribution < 1.29 is 4.79 Å². The molecule has 0 aliphatic carbocycles. The Hall–Kier alpha value is -2.15. The molecule has 0 N–H and O–H groups in total. The normalized spacial score (nSPS) is 13.3. The summed E-state index contributed by atoms with van der Waals surface area (Å²) in [5, 5.41) is 0. The molecule has 0 bridgehead atoms. The van der Waals surface area contributed by atoms with Gasteiger partial charge in [-0.2, -0.15) is 0 Å². The maximum atomic E-state index is 10.3. The van der Waals surface area contributed by atoms with Crippen LogP contribution >= 0.6 is 0 Å². The highest BCUT2D eigenvalue weighted by Gasteiger charge is 1.89. The summed E-state index contributed by atoms with van der Waals surface area (Å²) in [6, 6.07) is 8.46. The van der Waals surface area contributed by atoms with Gasteiger partial charge in [0.2, 0.25) is 0 Å². The van der Waals surface area contributed by atoms with E-state index in [9.17, 15) is 4.79 Å². The maximum absolute atomic E-state index is 10.3. The van der Waals surface area contributed by atoms with E-state index in [0.717, 1.165) is 18.3 Å². The Kier molecular flexibility index (Phi) is 7.05. The van der Waals surface area contributed by atoms with Crippen LogP contribution in [0.5, 0.6) is 0 Å². The second kappa shape index (κ2) is 8.87. The quantitative estimate of drug-likeness (QED) is 0.400. The molecule has 1 aromatic carbocycles. The van der Waals surface area contributed by atoms with Crippen molar-refractivity contribution in [2.45, 2.75) is 27.2 Å². The van der Waals surface area contributed by atoms with E-state index in [2.05, 4.69) is 56.3 Å². The first kappa shape index (κ1) is 15.9. The Balaban J connectivity index is 2.73. The molecule has 0 atom stereocenters. The van der Waals surface area contributed by atoms with Crippen LogP contribution in [-0.4, -0.2) is 6.29 Å². The maximum Gasteiger partial charge on any atom is 0.143 e. The molecule has 0 spiro atoms. The molecule has 0 radical (unpaired) electrons. The standard InChI is InChI=1S/C19H22O/c1-4-18(7-5-6-16(2)14-15-20)12-13-19-10-8-17(3)9-11-19/h5-15H,4H2,1-3H3/b6-5+,13-12+,16-14+,18-7+. The number of aldehydes is 1. The van der Waals surface area contributed by atoms with Gasteiger partial charge in [-0.05, 0) is 43.1 Å². The molecule has 0 unspecified atom stereocenters. The molecule has 0 saturated carbocycles. The van der Waals surface area contributed by atoms with Crippen LogP contribution in [-0.2, 0) is 4.79 Å². The molecule has 104 valence electrons. The van der Waals surface area contributed by atoms with Gasteiger partial charge in [0, 0.05) is 0 Å². The Morgan fingerprint density at radius 2 is 1.80 bits per heavy atom. The highest BCUT2D eigenvalue weighted by atomic mass is 16.1. The fourth-order valence-electron chi connectivity index (χ4n) is 1.66. The predicted octanol–water partition coefficient (Wildman–Crippen LogP) is 5.05. The van der Waals surface area contributed by atoms with Crippen molar-refractivity contribution in [1.82, 2.24) is 0 Å². The Bertz CT molecular complexity index is 540. The molecular formula is C19H22O. The fraction of sp³-hybridized carbons (Fsp3) is 0.211. The summed E-state index contributed by atoms with van der Waals surface area (Å²) >= 11 is 0. The smallest absolute Gasteiger partial charge is 0.143 e. The molecule has 1 rings (SSSR count). The molecule has 0 aliphatic rings. The monoisotopic (exact) mass is 266 g/mol. The van der Waals surface area contributed by atoms with Crippen molar-refractivity contribution in [3.05, 3.63) is 76.9 Å². The number of benzene rings is 1. The van der Waals surface area contributed by atoms with Crippen molar-refractivity contribution >= 4 is 12.4 Å². The molecule has 0 aliphatic heterocycles. The van der Waals surface area contributed by atoms with E-state index in [-0.39, 0.29) is 0 Å². The lowest BCUT2D eigenvalue weighted by molar-refractivity contribution is -0.104. The van der Waals surface area contributed by atoms with Crippen LogP contribution in [0.3, 0.4) is 0 Å². The van der Waals surface area contributed by atoms with Crippen LogP contribution in [0.4, 0.5) is 0 Å². The first-order valence-corrected chi connectivity index (χ1v) is 6.89. The third kappa shape index (κ3) is 6.14. The lowest BCUT2D eigenvalue weighted by Gasteiger charge is -1.97. The largest absolute Gasteiger partial charge is 0.299 e. The lowest BCUT2D eigenvalue weighted by atomic mass is 10.1. The fourth-order valence-corrected chi connectivity index (χ4v) is 1.66. The third-order valence-electron chi connectivity index (χ3n) is 2.98. The SMILES string of the molecule is CCC(/C=C/c1ccc(C)cc1)=C\C=C\C(C)=C\C=O. The number of allylic oxidation sites excluding steroid dienone is 7. The second-order valence-corrected chi connectivity index (χ2v) is 4.75. The van der Waals surface area contributed by atoms with Crippen molar-refractivity contribution in [3.8, 4) is 0 Å². The lowest BCUT2D eigenvalue weighted by Crippen LogP contribution is -1.77. The Labute approximate surface area is 122 Å². The summed E-state index contributed by atoms with van der Waals surface area (Å²) < 4.78 is 0. The number of hydrogen-bond acceptors (Lipinski definition) is 1. The van der Waals surface area contributed by atoms with E-state index in [4.69, 9.17) is 0 Å². The summed E-state index contributed by atoms with van der Waals surface area (Å²) in [5.74, 6) is 0. The number of hydrogen-bond donors (Lipinski definition) is 0. The van der Waals surface area contributed by atoms with Gasteiger partial charge in [0.05, 0.1) is 0 Å². The minimum atomic E-state index is 0.807. The third-order valence-corrected chi connectivity index (χ3v) is 2.98. The van der Waals surface area contributed by atoms with E-state index in [1.54, 1.807) is 6.08 Å². The summed E-state index contributed by atoms with van der Waals surface area (Å²) in [7, 11) is 0. The summed E-state index contributed by atoms with van der Waals surface area (Å²) in [4.78, 5) is 10.3. The molecule has 0 aromatic heterocycles. The van der Waals surface area contributed by atoms with Gasteiger partial charge in [-0.1, -0.05) is 67.1 Å². The van der Waals surface area contributed by atoms with Crippen molar-refractivity contribution in [3.63, 3.8) is 0 Å². The van der Waals surface area contributed by atoms with Crippen LogP contribution in [0.25, 0.3) is 6.08 Å². The van der Waals surface area contributed by atoms with Gasteiger partial charge in [0.25, 0.3) is 0 Å². The summed E-state index contributed by atoms with van der Waals surface area (Å²) in [6.07, 6.45) is 13.6. The minimum absolute atomic E-state index is 0.807. The predicted molar refractivity (Wildman–Crippen MR) is 87.5 cm³/mol. The van der Waals surface area contributed by atoms with Gasteiger partial charge in [0.15, 0.2) is 0 Å². The average Bonchev–Trinajstić information content (AvgIpc) is 2.44. The Morgan fingerprint density at radius 1 is 1.10 bits per heavy atom. The number of carbonyl (C=O) groups is 1. The molecule has 0 amide bonds. The first-order valence-electron chi connectivity index (χ1n) is 6.89. The molecule has 1 heteroatoms. The van der Waals surface area contributed by atoms with Gasteiger partial charge in [-0.3, -0.25) is 4.79 Å². The molecule has 20 heavy (non-hydrogen) atoms. The molecule has 0 heterocycles. The van der Waals surface area contributed by atoms with Crippen molar-refractivity contribution in [1.29, 1.82) is 0 Å². The van der Waals surface area contributed by atoms with Crippen LogP contribution < -0.4 is 0 Å². The van der Waals surface area contributed by atoms with E-state index in [0.29, 0.717) is 0 Å². The van der Waals surface area contributed by atoms with Crippen molar-refractivity contribution in [2.75, 3.05) is 0 Å². The van der Waals surface area contributed by atoms with Crippen LogP contribution in [0.2, 0.25) is 0 Å². The van der Waals surface area contributed by atoms with E-state index >= 15 is 0 Å². The zero-order chi connectivity index (χ0) is 14.8. The topological polar surface area (TPSA) is 17.1 Å². The van der Waals surface area contributed by atoms with Crippen LogP contribution in [0.15, 0.2) is 65.8 Å². The second-order valence-electron chi connectivity index (χ2n) is 4.75. The number of carbonyl (C=O) groups excluding carboxylic acids is 1. The van der Waals surface area contributed by atoms with Gasteiger partial charge in [-0.15, -0.1) is 0 Å². The van der Waals surface area contributed by atoms with E-state index in [1.807, 2.05) is 19.1 Å². The average molecular weight is 266 g/mol.